The zero-order valence-corrected chi connectivity index (χ0v) is 18.5. The fraction of sp³-hybridized carbons (Fsp3) is 0.571. The lowest BCUT2D eigenvalue weighted by atomic mass is 9.93. The van der Waals surface area contributed by atoms with E-state index < -0.39 is 41.3 Å². The van der Waals surface area contributed by atoms with Crippen LogP contribution in [-0.4, -0.2) is 47.5 Å². The largest absolute Gasteiger partial charge is 0.466 e. The predicted octanol–water partition coefficient (Wildman–Crippen LogP) is 3.99. The maximum absolute atomic E-state index is 14.6. The molecule has 1 saturated carbocycles. The van der Waals surface area contributed by atoms with Crippen LogP contribution in [0.25, 0.3) is 0 Å². The number of rotatable bonds is 5. The maximum atomic E-state index is 14.6. The van der Waals surface area contributed by atoms with Gasteiger partial charge in [-0.1, -0.05) is 15.9 Å². The summed E-state index contributed by atoms with van der Waals surface area (Å²) in [6.45, 7) is 7.21. The van der Waals surface area contributed by atoms with Crippen LogP contribution in [-0.2, 0) is 24.5 Å². The molecule has 0 spiro atoms. The van der Waals surface area contributed by atoms with Gasteiger partial charge in [0.1, 0.15) is 17.8 Å². The average molecular weight is 470 g/mol. The Bertz CT molecular complexity index is 852. The maximum Gasteiger partial charge on any atom is 0.410 e. The summed E-state index contributed by atoms with van der Waals surface area (Å²) in [5.74, 6) is -1.68. The third-order valence-electron chi connectivity index (χ3n) is 5.35. The Hall–Kier alpha value is -1.96. The Morgan fingerprint density at radius 3 is 2.62 bits per heavy atom. The van der Waals surface area contributed by atoms with Crippen LogP contribution in [0.4, 0.5) is 9.18 Å². The fourth-order valence-corrected chi connectivity index (χ4v) is 4.54. The number of ether oxygens (including phenoxy) is 2. The fourth-order valence-electron chi connectivity index (χ4n) is 4.18. The molecule has 1 saturated heterocycles. The number of Topliss-reactive ketones (excluding diaryl/α,β-unsaturated/α-hetero) is 1. The van der Waals surface area contributed by atoms with Gasteiger partial charge in [-0.3, -0.25) is 14.5 Å². The number of amides is 1. The molecule has 1 amide bonds. The minimum absolute atomic E-state index is 0.166. The number of fused-ring (bicyclic) bond motifs is 1. The van der Waals surface area contributed by atoms with Crippen molar-refractivity contribution in [3.8, 4) is 0 Å². The summed E-state index contributed by atoms with van der Waals surface area (Å²) >= 11 is 3.36. The quantitative estimate of drug-likeness (QED) is 0.481. The van der Waals surface area contributed by atoms with Gasteiger partial charge in [0.25, 0.3) is 0 Å². The lowest BCUT2D eigenvalue weighted by Gasteiger charge is -2.30. The normalized spacial score (nSPS) is 25.4. The Morgan fingerprint density at radius 1 is 1.31 bits per heavy atom. The molecular weight excluding hydrogens is 445 g/mol. The van der Waals surface area contributed by atoms with E-state index in [1.165, 1.54) is 11.0 Å². The van der Waals surface area contributed by atoms with Gasteiger partial charge in [-0.05, 0) is 63.8 Å². The number of benzene rings is 1. The average Bonchev–Trinajstić information content (AvgIpc) is 3.20. The highest BCUT2D eigenvalue weighted by molar-refractivity contribution is 9.10. The lowest BCUT2D eigenvalue weighted by Crippen LogP contribution is -2.46. The summed E-state index contributed by atoms with van der Waals surface area (Å²) in [7, 11) is 0. The first-order valence-corrected chi connectivity index (χ1v) is 10.4. The van der Waals surface area contributed by atoms with Crippen LogP contribution < -0.4 is 0 Å². The van der Waals surface area contributed by atoms with Crippen molar-refractivity contribution in [1.82, 2.24) is 4.90 Å². The van der Waals surface area contributed by atoms with Crippen LogP contribution in [0.5, 0.6) is 0 Å². The van der Waals surface area contributed by atoms with Crippen LogP contribution in [0.2, 0.25) is 0 Å². The SMILES string of the molecule is CCOC(=O)CC(=O)C1[C@@H]2C[C@]2(c2cc(Br)ccc2F)CN1C(=O)OC(C)(C)C. The van der Waals surface area contributed by atoms with Gasteiger partial charge < -0.3 is 9.47 Å². The molecule has 1 unspecified atom stereocenters. The molecular formula is C21H25BrFNO5. The smallest absolute Gasteiger partial charge is 0.410 e. The standard InChI is InChI=1S/C21H25BrFNO5/c1-5-28-17(26)9-16(25)18-14-10-21(14,13-8-12(22)6-7-15(13)23)11-24(18)19(27)29-20(2,3)4/h6-8,14,18H,5,9-11H2,1-4H3/t14-,18?,21+/m0/s1. The molecule has 1 aliphatic carbocycles. The zero-order valence-electron chi connectivity index (χ0n) is 17.0. The number of nitrogens with zero attached hydrogens (tertiary/aromatic N) is 1. The Kier molecular flexibility index (Phi) is 5.77. The summed E-state index contributed by atoms with van der Waals surface area (Å²) in [5.41, 5.74) is -0.927. The third-order valence-corrected chi connectivity index (χ3v) is 5.84. The topological polar surface area (TPSA) is 72.9 Å². The number of carbonyl (C=O) groups excluding carboxylic acids is 3. The molecule has 158 valence electrons. The molecule has 2 fully saturated rings. The van der Waals surface area contributed by atoms with Crippen molar-refractivity contribution < 1.29 is 28.2 Å². The number of ketones is 1. The highest BCUT2D eigenvalue weighted by Crippen LogP contribution is 2.63. The van der Waals surface area contributed by atoms with Crippen LogP contribution in [0.3, 0.4) is 0 Å². The van der Waals surface area contributed by atoms with Gasteiger partial charge in [0.15, 0.2) is 5.78 Å². The first-order chi connectivity index (χ1) is 13.5. The second-order valence-corrected chi connectivity index (χ2v) is 9.51. The molecule has 0 N–H and O–H groups in total. The van der Waals surface area contributed by atoms with Gasteiger partial charge >= 0.3 is 12.1 Å². The summed E-state index contributed by atoms with van der Waals surface area (Å²) < 4.78 is 25.7. The second kappa shape index (κ2) is 7.70. The van der Waals surface area contributed by atoms with Crippen LogP contribution in [0.1, 0.15) is 46.1 Å². The number of carbonyl (C=O) groups is 3. The van der Waals surface area contributed by atoms with E-state index in [1.807, 2.05) is 0 Å². The summed E-state index contributed by atoms with van der Waals surface area (Å²) in [4.78, 5) is 38.9. The molecule has 8 heteroatoms. The molecule has 3 rings (SSSR count). The molecule has 1 aromatic rings. The number of hydrogen-bond acceptors (Lipinski definition) is 5. The van der Waals surface area contributed by atoms with Crippen LogP contribution in [0.15, 0.2) is 22.7 Å². The van der Waals surface area contributed by atoms with Crippen LogP contribution >= 0.6 is 15.9 Å². The number of hydrogen-bond donors (Lipinski definition) is 0. The first kappa shape index (κ1) is 21.7. The van der Waals surface area contributed by atoms with Crippen molar-refractivity contribution >= 4 is 33.8 Å². The molecule has 29 heavy (non-hydrogen) atoms. The third kappa shape index (κ3) is 4.32. The Balaban J connectivity index is 1.92. The van der Waals surface area contributed by atoms with Gasteiger partial charge in [-0.15, -0.1) is 0 Å². The van der Waals surface area contributed by atoms with Crippen molar-refractivity contribution in [2.45, 2.75) is 57.6 Å². The molecule has 1 aromatic carbocycles. The van der Waals surface area contributed by atoms with Gasteiger partial charge in [0.2, 0.25) is 0 Å². The van der Waals surface area contributed by atoms with Crippen molar-refractivity contribution in [1.29, 1.82) is 0 Å². The summed E-state index contributed by atoms with van der Waals surface area (Å²) in [6.07, 6.45) is -0.494. The van der Waals surface area contributed by atoms with Gasteiger partial charge in [-0.2, -0.15) is 0 Å². The Labute approximate surface area is 177 Å². The van der Waals surface area contributed by atoms with Gasteiger partial charge in [0.05, 0.1) is 12.6 Å². The zero-order chi connectivity index (χ0) is 21.6. The molecule has 0 radical (unpaired) electrons. The van der Waals surface area contributed by atoms with E-state index in [-0.39, 0.29) is 24.9 Å². The molecule has 2 aliphatic rings. The minimum Gasteiger partial charge on any atom is -0.466 e. The number of esters is 1. The van der Waals surface area contributed by atoms with E-state index in [2.05, 4.69) is 15.9 Å². The van der Waals surface area contributed by atoms with Crippen LogP contribution in [0, 0.1) is 11.7 Å². The van der Waals surface area contributed by atoms with Crippen molar-refractivity contribution in [3.05, 3.63) is 34.1 Å². The number of halogens is 2. The lowest BCUT2D eigenvalue weighted by molar-refractivity contribution is -0.146. The Morgan fingerprint density at radius 2 is 2.00 bits per heavy atom. The van der Waals surface area contributed by atoms with Crippen molar-refractivity contribution in [2.75, 3.05) is 13.2 Å². The molecule has 0 aromatic heterocycles. The van der Waals surface area contributed by atoms with E-state index >= 15 is 0 Å². The summed E-state index contributed by atoms with van der Waals surface area (Å²) in [5, 5.41) is 0. The summed E-state index contributed by atoms with van der Waals surface area (Å²) in [6, 6.07) is 3.83. The molecule has 1 aliphatic heterocycles. The molecule has 6 nitrogen and oxygen atoms in total. The molecule has 0 bridgehead atoms. The number of likely N-dealkylation sites (tertiary alicyclic amines) is 1. The minimum atomic E-state index is -0.840. The highest BCUT2D eigenvalue weighted by Gasteiger charge is 2.69. The second-order valence-electron chi connectivity index (χ2n) is 8.59. The first-order valence-electron chi connectivity index (χ1n) is 9.62. The number of piperidine rings is 1. The van der Waals surface area contributed by atoms with Gasteiger partial charge in [-0.25, -0.2) is 9.18 Å². The van der Waals surface area contributed by atoms with Crippen molar-refractivity contribution in [3.63, 3.8) is 0 Å². The van der Waals surface area contributed by atoms with E-state index in [4.69, 9.17) is 9.47 Å². The van der Waals surface area contributed by atoms with Gasteiger partial charge in [0, 0.05) is 16.4 Å². The van der Waals surface area contributed by atoms with E-state index in [0.717, 1.165) is 4.47 Å². The predicted molar refractivity (Wildman–Crippen MR) is 107 cm³/mol. The molecule has 3 atom stereocenters. The van der Waals surface area contributed by atoms with E-state index in [1.54, 1.807) is 39.8 Å². The molecule has 1 heterocycles. The highest BCUT2D eigenvalue weighted by atomic mass is 79.9. The van der Waals surface area contributed by atoms with Crippen molar-refractivity contribution in [2.24, 2.45) is 5.92 Å². The monoisotopic (exact) mass is 469 g/mol. The van der Waals surface area contributed by atoms with E-state index in [0.29, 0.717) is 12.0 Å². The van der Waals surface area contributed by atoms with E-state index in [9.17, 15) is 18.8 Å².